The van der Waals surface area contributed by atoms with Gasteiger partial charge in [0.1, 0.15) is 0 Å². The van der Waals surface area contributed by atoms with Gasteiger partial charge >= 0.3 is 0 Å². The van der Waals surface area contributed by atoms with Crippen molar-refractivity contribution in [1.82, 2.24) is 10.3 Å². The second kappa shape index (κ2) is 6.33. The van der Waals surface area contributed by atoms with Gasteiger partial charge in [0.2, 0.25) is 0 Å². The maximum Gasteiger partial charge on any atom is 0.0315 e. The van der Waals surface area contributed by atoms with E-state index in [1.54, 1.807) is 0 Å². The SMILES string of the molecule is CC(NC1CCCC(C(C)C)C1)c1cccnc1. The lowest BCUT2D eigenvalue weighted by Crippen LogP contribution is -2.37. The summed E-state index contributed by atoms with van der Waals surface area (Å²) in [6, 6.07) is 5.27. The molecule has 3 atom stereocenters. The third-order valence-electron chi connectivity index (χ3n) is 4.33. The van der Waals surface area contributed by atoms with Gasteiger partial charge in [0.15, 0.2) is 0 Å². The Labute approximate surface area is 111 Å². The molecule has 1 fully saturated rings. The second-order valence-corrected chi connectivity index (χ2v) is 6.04. The van der Waals surface area contributed by atoms with Crippen molar-refractivity contribution in [2.75, 3.05) is 0 Å². The van der Waals surface area contributed by atoms with Crippen LogP contribution in [-0.2, 0) is 0 Å². The highest BCUT2D eigenvalue weighted by atomic mass is 14.9. The minimum atomic E-state index is 0.412. The van der Waals surface area contributed by atoms with Crippen LogP contribution in [0.1, 0.15) is 58.1 Å². The molecule has 1 aromatic heterocycles. The van der Waals surface area contributed by atoms with Gasteiger partial charge in [-0.1, -0.05) is 32.8 Å². The van der Waals surface area contributed by atoms with Crippen LogP contribution in [0.4, 0.5) is 0 Å². The molecule has 18 heavy (non-hydrogen) atoms. The van der Waals surface area contributed by atoms with Crippen LogP contribution in [0, 0.1) is 11.8 Å². The van der Waals surface area contributed by atoms with E-state index in [0.29, 0.717) is 12.1 Å². The lowest BCUT2D eigenvalue weighted by atomic mass is 9.79. The molecule has 2 heteroatoms. The summed E-state index contributed by atoms with van der Waals surface area (Å²) in [6.07, 6.45) is 9.26. The Morgan fingerprint density at radius 3 is 2.78 bits per heavy atom. The fourth-order valence-corrected chi connectivity index (χ4v) is 3.07. The van der Waals surface area contributed by atoms with Crippen LogP contribution in [0.3, 0.4) is 0 Å². The first-order valence-electron chi connectivity index (χ1n) is 7.32. The maximum absolute atomic E-state index is 4.20. The van der Waals surface area contributed by atoms with Crippen LogP contribution < -0.4 is 5.32 Å². The van der Waals surface area contributed by atoms with Crippen molar-refractivity contribution in [3.05, 3.63) is 30.1 Å². The van der Waals surface area contributed by atoms with Gasteiger partial charge in [0.05, 0.1) is 0 Å². The quantitative estimate of drug-likeness (QED) is 0.870. The summed E-state index contributed by atoms with van der Waals surface area (Å²) in [5.41, 5.74) is 1.30. The van der Waals surface area contributed by atoms with Gasteiger partial charge in [0.25, 0.3) is 0 Å². The van der Waals surface area contributed by atoms with Gasteiger partial charge in [-0.25, -0.2) is 0 Å². The van der Waals surface area contributed by atoms with E-state index in [4.69, 9.17) is 0 Å². The van der Waals surface area contributed by atoms with Crippen LogP contribution in [0.15, 0.2) is 24.5 Å². The van der Waals surface area contributed by atoms with E-state index in [0.717, 1.165) is 11.8 Å². The van der Waals surface area contributed by atoms with E-state index in [-0.39, 0.29) is 0 Å². The lowest BCUT2D eigenvalue weighted by Gasteiger charge is -2.34. The molecular weight excluding hydrogens is 220 g/mol. The van der Waals surface area contributed by atoms with Gasteiger partial charge < -0.3 is 5.32 Å². The molecule has 2 rings (SSSR count). The summed E-state index contributed by atoms with van der Waals surface area (Å²) in [5, 5.41) is 3.78. The van der Waals surface area contributed by atoms with Crippen LogP contribution in [0.2, 0.25) is 0 Å². The lowest BCUT2D eigenvalue weighted by molar-refractivity contribution is 0.223. The summed E-state index contributed by atoms with van der Waals surface area (Å²) in [5.74, 6) is 1.72. The van der Waals surface area contributed by atoms with E-state index >= 15 is 0 Å². The predicted octanol–water partition coefficient (Wildman–Crippen LogP) is 3.95. The smallest absolute Gasteiger partial charge is 0.0315 e. The summed E-state index contributed by atoms with van der Waals surface area (Å²) in [6.45, 7) is 6.96. The Bertz CT molecular complexity index is 347. The molecule has 1 aromatic rings. The predicted molar refractivity (Wildman–Crippen MR) is 76.4 cm³/mol. The minimum Gasteiger partial charge on any atom is -0.307 e. The summed E-state index contributed by atoms with van der Waals surface area (Å²) in [7, 11) is 0. The van der Waals surface area contributed by atoms with E-state index in [1.807, 2.05) is 18.5 Å². The van der Waals surface area contributed by atoms with Crippen LogP contribution in [-0.4, -0.2) is 11.0 Å². The molecule has 0 bridgehead atoms. The fraction of sp³-hybridized carbons (Fsp3) is 0.688. The van der Waals surface area contributed by atoms with Crippen molar-refractivity contribution in [2.45, 2.75) is 58.5 Å². The topological polar surface area (TPSA) is 24.9 Å². The van der Waals surface area contributed by atoms with Crippen molar-refractivity contribution in [3.8, 4) is 0 Å². The van der Waals surface area contributed by atoms with Gasteiger partial charge in [0, 0.05) is 24.5 Å². The molecule has 100 valence electrons. The Morgan fingerprint density at radius 1 is 1.28 bits per heavy atom. The summed E-state index contributed by atoms with van der Waals surface area (Å²) in [4.78, 5) is 4.20. The fourth-order valence-electron chi connectivity index (χ4n) is 3.07. The number of aromatic nitrogens is 1. The Hall–Kier alpha value is -0.890. The highest BCUT2D eigenvalue weighted by molar-refractivity contribution is 5.13. The van der Waals surface area contributed by atoms with E-state index < -0.39 is 0 Å². The minimum absolute atomic E-state index is 0.412. The van der Waals surface area contributed by atoms with Crippen LogP contribution in [0.5, 0.6) is 0 Å². The number of nitrogens with one attached hydrogen (secondary N) is 1. The summed E-state index contributed by atoms with van der Waals surface area (Å²) < 4.78 is 0. The number of rotatable bonds is 4. The molecule has 1 N–H and O–H groups in total. The van der Waals surface area contributed by atoms with Crippen LogP contribution >= 0.6 is 0 Å². The zero-order valence-electron chi connectivity index (χ0n) is 11.9. The number of hydrogen-bond donors (Lipinski definition) is 1. The van der Waals surface area contributed by atoms with Crippen molar-refractivity contribution in [3.63, 3.8) is 0 Å². The van der Waals surface area contributed by atoms with Crippen molar-refractivity contribution >= 4 is 0 Å². The molecule has 0 amide bonds. The first-order valence-corrected chi connectivity index (χ1v) is 7.32. The Morgan fingerprint density at radius 2 is 2.11 bits per heavy atom. The normalized spacial score (nSPS) is 26.2. The average Bonchev–Trinajstić information content (AvgIpc) is 2.40. The van der Waals surface area contributed by atoms with Crippen molar-refractivity contribution in [1.29, 1.82) is 0 Å². The third kappa shape index (κ3) is 3.55. The largest absolute Gasteiger partial charge is 0.307 e. The molecule has 0 aromatic carbocycles. The van der Waals surface area contributed by atoms with Crippen molar-refractivity contribution in [2.24, 2.45) is 11.8 Å². The van der Waals surface area contributed by atoms with E-state index in [1.165, 1.54) is 31.2 Å². The molecule has 0 aliphatic heterocycles. The first-order chi connectivity index (χ1) is 8.66. The molecule has 1 aliphatic carbocycles. The standard InChI is InChI=1S/C16H26N2/c1-12(2)14-6-4-8-16(10-14)18-13(3)15-7-5-9-17-11-15/h5,7,9,11-14,16,18H,4,6,8,10H2,1-3H3. The number of pyridine rings is 1. The molecule has 0 saturated heterocycles. The molecule has 0 spiro atoms. The number of nitrogens with zero attached hydrogens (tertiary/aromatic N) is 1. The van der Waals surface area contributed by atoms with Gasteiger partial charge in [-0.05, 0) is 43.2 Å². The molecule has 0 radical (unpaired) electrons. The third-order valence-corrected chi connectivity index (χ3v) is 4.33. The van der Waals surface area contributed by atoms with E-state index in [2.05, 4.69) is 37.1 Å². The van der Waals surface area contributed by atoms with Crippen molar-refractivity contribution < 1.29 is 0 Å². The zero-order chi connectivity index (χ0) is 13.0. The highest BCUT2D eigenvalue weighted by Crippen LogP contribution is 2.31. The molecule has 2 nitrogen and oxygen atoms in total. The monoisotopic (exact) mass is 246 g/mol. The Kier molecular flexibility index (Phi) is 4.76. The van der Waals surface area contributed by atoms with E-state index in [9.17, 15) is 0 Å². The van der Waals surface area contributed by atoms with Gasteiger partial charge in [-0.15, -0.1) is 0 Å². The maximum atomic E-state index is 4.20. The van der Waals surface area contributed by atoms with Gasteiger partial charge in [-0.3, -0.25) is 4.98 Å². The molecular formula is C16H26N2. The van der Waals surface area contributed by atoms with Gasteiger partial charge in [-0.2, -0.15) is 0 Å². The van der Waals surface area contributed by atoms with Crippen LogP contribution in [0.25, 0.3) is 0 Å². The Balaban J connectivity index is 1.89. The molecule has 1 aliphatic rings. The first kappa shape index (κ1) is 13.5. The molecule has 1 saturated carbocycles. The summed E-state index contributed by atoms with van der Waals surface area (Å²) >= 11 is 0. The average molecular weight is 246 g/mol. The number of hydrogen-bond acceptors (Lipinski definition) is 2. The zero-order valence-corrected chi connectivity index (χ0v) is 11.9. The second-order valence-electron chi connectivity index (χ2n) is 6.04. The molecule has 1 heterocycles. The highest BCUT2D eigenvalue weighted by Gasteiger charge is 2.25. The molecule has 3 unspecified atom stereocenters.